The van der Waals surface area contributed by atoms with Gasteiger partial charge in [0, 0.05) is 89.7 Å². The average molecular weight is 1430 g/mol. The van der Waals surface area contributed by atoms with Crippen LogP contribution in [0.15, 0.2) is 73.0 Å². The summed E-state index contributed by atoms with van der Waals surface area (Å²) in [6.45, 7) is 13.1. The van der Waals surface area contributed by atoms with E-state index in [1.807, 2.05) is 35.2 Å². The number of nitriles is 1. The van der Waals surface area contributed by atoms with Crippen LogP contribution in [0.4, 0.5) is 13.2 Å². The largest absolute Gasteiger partial charge is 0.494 e. The number of carbonyl (C=O) groups excluding carboxylic acids is 5. The van der Waals surface area contributed by atoms with E-state index >= 15 is 0 Å². The maximum atomic E-state index is 13.9. The number of ether oxygens (including phenoxy) is 10. The second-order valence-corrected chi connectivity index (χ2v) is 24.2. The molecule has 0 radical (unpaired) electrons. The minimum Gasteiger partial charge on any atom is -0.494 e. The third-order valence-corrected chi connectivity index (χ3v) is 17.2. The molecule has 30 nitrogen and oxygen atoms in total. The van der Waals surface area contributed by atoms with E-state index in [2.05, 4.69) is 56.3 Å². The summed E-state index contributed by atoms with van der Waals surface area (Å²) in [5, 5.41) is 35.7. The lowest BCUT2D eigenvalue weighted by Gasteiger charge is -2.36. The third-order valence-electron chi connectivity index (χ3n) is 17.2. The fraction of sp³-hybridized carbons (Fsp3) is 0.551. The first-order valence-corrected chi connectivity index (χ1v) is 34.3. The van der Waals surface area contributed by atoms with Crippen molar-refractivity contribution in [1.82, 2.24) is 64.6 Å². The number of amides is 3. The van der Waals surface area contributed by atoms with Crippen molar-refractivity contribution >= 4 is 46.0 Å². The van der Waals surface area contributed by atoms with Crippen LogP contribution in [0.5, 0.6) is 11.5 Å². The molecule has 6 heterocycles. The molecule has 0 spiro atoms. The standard InChI is InChI=1S/C69H89F3N14O16/c1-93-59-45-76-66(62-61(59)56(44-75-62)63(89)69(92)84-16-9-50(10-17-84)55(43-73)49-7-3-2-4-8-49)86-48-77-65(79-86)67(90)74-12-5-14-83(68(91)51-39-54(87)40-51)15-6-13-81-18-20-82(21-19-81)22-25-95-28-31-98-35-36-100-37-38-101-47-53-46-85(80-78-53)23-26-96-29-32-99-34-33-97-30-27-94-24-11-60(88)102-64-57(71)41-52(70)42-58(64)72/h2-4,7-8,41-42,44-46,48,51,54,75,87H,5-6,9-40,47H2,1H3,(H,74,90)/t51-,54-. The predicted octanol–water partition coefficient (Wildman–Crippen LogP) is 4.00. The van der Waals surface area contributed by atoms with Gasteiger partial charge in [0.25, 0.3) is 17.6 Å². The fourth-order valence-corrected chi connectivity index (χ4v) is 11.6. The minimum absolute atomic E-state index is 0.0144. The molecule has 4 aromatic heterocycles. The molecule has 3 N–H and O–H groups in total. The minimum atomic E-state index is -1.31. The Bertz CT molecular complexity index is 3700. The summed E-state index contributed by atoms with van der Waals surface area (Å²) in [7, 11) is 1.43. The molecule has 102 heavy (non-hydrogen) atoms. The molecule has 0 unspecified atom stereocenters. The van der Waals surface area contributed by atoms with E-state index < -0.39 is 52.9 Å². The number of benzene rings is 2. The topological polar surface area (TPSA) is 337 Å². The lowest BCUT2D eigenvalue weighted by atomic mass is 9.81. The van der Waals surface area contributed by atoms with Gasteiger partial charge in [-0.15, -0.1) is 10.2 Å². The van der Waals surface area contributed by atoms with Gasteiger partial charge in [-0.05, 0) is 56.2 Å². The highest BCUT2D eigenvalue weighted by molar-refractivity contribution is 6.45. The molecule has 9 rings (SSSR count). The van der Waals surface area contributed by atoms with Crippen molar-refractivity contribution in [3.8, 4) is 23.4 Å². The summed E-state index contributed by atoms with van der Waals surface area (Å²) in [6, 6.07) is 12.5. The highest BCUT2D eigenvalue weighted by Crippen LogP contribution is 2.34. The summed E-state index contributed by atoms with van der Waals surface area (Å²) < 4.78 is 98.0. The number of methoxy groups -OCH3 is 1. The Kier molecular flexibility index (Phi) is 31.5. The van der Waals surface area contributed by atoms with Crippen molar-refractivity contribution in [3.05, 3.63) is 113 Å². The lowest BCUT2D eigenvalue weighted by molar-refractivity contribution is -0.142. The van der Waals surface area contributed by atoms with Gasteiger partial charge in [0.2, 0.25) is 17.5 Å². The molecule has 1 aliphatic carbocycles. The van der Waals surface area contributed by atoms with Crippen LogP contribution in [-0.2, 0) is 65.4 Å². The number of piperazine rings is 1. The number of aliphatic hydroxyl groups is 1. The fourth-order valence-electron chi connectivity index (χ4n) is 11.6. The molecule has 0 atom stereocenters. The Morgan fingerprint density at radius 2 is 1.33 bits per heavy atom. The Hall–Kier alpha value is -8.66. The second kappa shape index (κ2) is 41.4. The molecule has 2 aliphatic heterocycles. The number of halogens is 3. The molecule has 33 heteroatoms. The number of likely N-dealkylation sites (tertiary alicyclic amines) is 1. The number of H-pyrrole nitrogens is 1. The van der Waals surface area contributed by atoms with Gasteiger partial charge in [-0.1, -0.05) is 35.5 Å². The first-order chi connectivity index (χ1) is 49.8. The molecule has 3 aliphatic rings. The Morgan fingerprint density at radius 3 is 1.96 bits per heavy atom. The van der Waals surface area contributed by atoms with E-state index in [-0.39, 0.29) is 87.3 Å². The smallest absolute Gasteiger partial charge is 0.313 e. The zero-order valence-corrected chi connectivity index (χ0v) is 57.3. The summed E-state index contributed by atoms with van der Waals surface area (Å²) in [4.78, 5) is 86.3. The summed E-state index contributed by atoms with van der Waals surface area (Å²) >= 11 is 0. The quantitative estimate of drug-likeness (QED) is 0.0121. The maximum Gasteiger partial charge on any atom is 0.313 e. The number of ketones is 1. The van der Waals surface area contributed by atoms with Gasteiger partial charge in [0.1, 0.15) is 23.6 Å². The number of carbonyl (C=O) groups is 5. The highest BCUT2D eigenvalue weighted by atomic mass is 19.1. The third kappa shape index (κ3) is 23.7. The molecule has 6 aromatic rings. The van der Waals surface area contributed by atoms with Crippen LogP contribution in [0, 0.1) is 34.7 Å². The van der Waals surface area contributed by atoms with Crippen molar-refractivity contribution in [2.24, 2.45) is 5.92 Å². The number of aromatic amines is 1. The molecule has 552 valence electrons. The van der Waals surface area contributed by atoms with Crippen LogP contribution < -0.4 is 14.8 Å². The molecular weight excluding hydrogens is 1340 g/mol. The number of esters is 1. The first kappa shape index (κ1) is 77.5. The number of hydrogen-bond acceptors (Lipinski definition) is 24. The number of Topliss-reactive ketones (excluding diaryl/α,β-unsaturated/α-hetero) is 1. The van der Waals surface area contributed by atoms with Crippen LogP contribution in [-0.4, -0.2) is 278 Å². The molecule has 2 saturated heterocycles. The van der Waals surface area contributed by atoms with Crippen molar-refractivity contribution in [3.63, 3.8) is 0 Å². The predicted molar refractivity (Wildman–Crippen MR) is 358 cm³/mol. The van der Waals surface area contributed by atoms with Gasteiger partial charge in [0.15, 0.2) is 17.5 Å². The lowest BCUT2D eigenvalue weighted by Crippen LogP contribution is -2.48. The van der Waals surface area contributed by atoms with Crippen molar-refractivity contribution < 1.29 is 89.6 Å². The number of hydrogen-bond donors (Lipinski definition) is 3. The number of rotatable bonds is 45. The number of fused-ring (bicyclic) bond motifs is 1. The number of nitrogens with zero attached hydrogens (tertiary/aromatic N) is 12. The van der Waals surface area contributed by atoms with E-state index in [0.717, 1.165) is 56.8 Å². The molecule has 1 saturated carbocycles. The monoisotopic (exact) mass is 1430 g/mol. The van der Waals surface area contributed by atoms with Crippen LogP contribution in [0.2, 0.25) is 0 Å². The van der Waals surface area contributed by atoms with Gasteiger partial charge in [-0.25, -0.2) is 27.8 Å². The summed E-state index contributed by atoms with van der Waals surface area (Å²) in [5.74, 6) is -7.46. The van der Waals surface area contributed by atoms with Crippen molar-refractivity contribution in [2.75, 3.05) is 178 Å². The van der Waals surface area contributed by atoms with E-state index in [9.17, 15) is 47.5 Å². The van der Waals surface area contributed by atoms with Crippen LogP contribution in [0.3, 0.4) is 0 Å². The van der Waals surface area contributed by atoms with Gasteiger partial charge in [-0.3, -0.25) is 28.9 Å². The zero-order chi connectivity index (χ0) is 71.8. The van der Waals surface area contributed by atoms with E-state index in [1.54, 1.807) is 10.9 Å². The molecular formula is C69H89F3N14O16. The number of pyridine rings is 1. The Morgan fingerprint density at radius 1 is 0.735 bits per heavy atom. The van der Waals surface area contributed by atoms with E-state index in [4.69, 9.17) is 42.6 Å². The van der Waals surface area contributed by atoms with Crippen LogP contribution >= 0.6 is 0 Å². The number of aromatic nitrogens is 8. The SMILES string of the molecule is COc1cnc(-n2cnc(C(=O)NCCCN(CCCN3CCN(CCOCCOCCOCCOCc4cn(CCOCCOCCOCCOCCC(=O)Oc5c(F)cc(F)cc5F)nn4)CC3)C(=O)[C@H]3C[C@H](O)C3)n2)c2[nH]cc(C(=O)C(=O)N3CCC(=C(C#N)c4ccccc4)CC3)c12. The first-order valence-electron chi connectivity index (χ1n) is 34.3. The average Bonchev–Trinajstić information content (AvgIpc) is 1.60. The van der Waals surface area contributed by atoms with Crippen molar-refractivity contribution in [1.29, 1.82) is 5.26 Å². The number of allylic oxidation sites excluding steroid dienone is 1. The summed E-state index contributed by atoms with van der Waals surface area (Å²) in [5.41, 5.74) is 3.43. The molecule has 3 fully saturated rings. The van der Waals surface area contributed by atoms with Gasteiger partial charge >= 0.3 is 5.97 Å². The normalized spacial score (nSPS) is 15.7. The highest BCUT2D eigenvalue weighted by Gasteiger charge is 2.36. The Balaban J connectivity index is 0.556. The van der Waals surface area contributed by atoms with Gasteiger partial charge in [-0.2, -0.15) is 9.94 Å². The van der Waals surface area contributed by atoms with Crippen LogP contribution in [0.1, 0.15) is 77.2 Å². The second-order valence-electron chi connectivity index (χ2n) is 24.2. The number of aliphatic hydroxyl groups excluding tert-OH is 1. The van der Waals surface area contributed by atoms with Gasteiger partial charge in [0.05, 0.1) is 172 Å². The number of piperidine rings is 1. The van der Waals surface area contributed by atoms with Crippen molar-refractivity contribution in [2.45, 2.75) is 64.2 Å². The Labute approximate surface area is 588 Å². The number of nitrogens with one attached hydrogen (secondary N) is 2. The molecule has 0 bridgehead atoms. The van der Waals surface area contributed by atoms with Gasteiger partial charge < -0.3 is 77.5 Å². The van der Waals surface area contributed by atoms with E-state index in [0.29, 0.717) is 165 Å². The molecule has 2 aromatic carbocycles. The molecule has 3 amide bonds. The maximum absolute atomic E-state index is 13.9. The van der Waals surface area contributed by atoms with E-state index in [1.165, 1.54) is 35.4 Å². The zero-order valence-electron chi connectivity index (χ0n) is 57.3. The van der Waals surface area contributed by atoms with Crippen LogP contribution in [0.25, 0.3) is 22.3 Å². The summed E-state index contributed by atoms with van der Waals surface area (Å²) in [6.07, 6.45) is 8.27.